The van der Waals surface area contributed by atoms with E-state index in [-0.39, 0.29) is 11.9 Å². The summed E-state index contributed by atoms with van der Waals surface area (Å²) in [5.74, 6) is 1.50. The molecule has 6 heteroatoms. The maximum Gasteiger partial charge on any atom is 0.233 e. The molecule has 5 nitrogen and oxygen atoms in total. The van der Waals surface area contributed by atoms with Crippen LogP contribution < -0.4 is 14.8 Å². The van der Waals surface area contributed by atoms with Crippen LogP contribution in [0, 0.1) is 0 Å². The van der Waals surface area contributed by atoms with Gasteiger partial charge in [0.1, 0.15) is 0 Å². The first-order valence-corrected chi connectivity index (χ1v) is 8.78. The Morgan fingerprint density at radius 2 is 2.08 bits per heavy atom. The van der Waals surface area contributed by atoms with Gasteiger partial charge in [-0.05, 0) is 41.1 Å². The van der Waals surface area contributed by atoms with Crippen LogP contribution in [0.2, 0.25) is 0 Å². The Morgan fingerprint density at radius 1 is 1.33 bits per heavy atom. The number of carbonyl (C=O) groups is 1. The molecule has 1 atom stereocenters. The molecule has 0 spiro atoms. The Morgan fingerprint density at radius 3 is 2.71 bits per heavy atom. The molecular weight excluding hydrogens is 324 g/mol. The van der Waals surface area contributed by atoms with Gasteiger partial charge in [-0.15, -0.1) is 11.3 Å². The first kappa shape index (κ1) is 16.8. The van der Waals surface area contributed by atoms with Gasteiger partial charge in [0, 0.05) is 18.5 Å². The minimum absolute atomic E-state index is 0.0282. The molecule has 2 heterocycles. The van der Waals surface area contributed by atoms with E-state index >= 15 is 0 Å². The number of hydrogen-bond acceptors (Lipinski definition) is 5. The summed E-state index contributed by atoms with van der Waals surface area (Å²) >= 11 is 1.71. The quantitative estimate of drug-likeness (QED) is 0.904. The molecule has 0 saturated heterocycles. The summed E-state index contributed by atoms with van der Waals surface area (Å²) in [6.45, 7) is 1.21. The molecule has 2 aromatic rings. The molecule has 1 aliphatic rings. The highest BCUT2D eigenvalue weighted by Gasteiger charge is 2.31. The van der Waals surface area contributed by atoms with Crippen LogP contribution in [0.25, 0.3) is 0 Å². The van der Waals surface area contributed by atoms with E-state index in [2.05, 4.69) is 33.8 Å². The molecule has 1 unspecified atom stereocenters. The van der Waals surface area contributed by atoms with Crippen molar-refractivity contribution in [1.82, 2.24) is 10.2 Å². The highest BCUT2D eigenvalue weighted by molar-refractivity contribution is 7.10. The number of fused-ring (bicyclic) bond motifs is 1. The van der Waals surface area contributed by atoms with E-state index in [4.69, 9.17) is 9.47 Å². The number of methoxy groups -OCH3 is 2. The molecule has 24 heavy (non-hydrogen) atoms. The molecule has 0 saturated carbocycles. The first-order chi connectivity index (χ1) is 11.7. The van der Waals surface area contributed by atoms with E-state index in [0.717, 1.165) is 24.5 Å². The second-order valence-electron chi connectivity index (χ2n) is 5.72. The molecule has 1 amide bonds. The molecular formula is C18H22N2O3S. The molecule has 0 radical (unpaired) electrons. The van der Waals surface area contributed by atoms with Gasteiger partial charge in [0.2, 0.25) is 5.91 Å². The Kier molecular flexibility index (Phi) is 5.06. The van der Waals surface area contributed by atoms with Crippen molar-refractivity contribution in [3.63, 3.8) is 0 Å². The lowest BCUT2D eigenvalue weighted by Crippen LogP contribution is -2.42. The van der Waals surface area contributed by atoms with E-state index in [9.17, 15) is 4.79 Å². The molecule has 1 N–H and O–H groups in total. The van der Waals surface area contributed by atoms with Gasteiger partial charge >= 0.3 is 0 Å². The van der Waals surface area contributed by atoms with Crippen molar-refractivity contribution < 1.29 is 14.3 Å². The van der Waals surface area contributed by atoms with Crippen LogP contribution in [0.1, 0.15) is 22.0 Å². The lowest BCUT2D eigenvalue weighted by molar-refractivity contribution is -0.122. The van der Waals surface area contributed by atoms with E-state index < -0.39 is 0 Å². The van der Waals surface area contributed by atoms with Crippen LogP contribution in [0.5, 0.6) is 11.5 Å². The molecule has 128 valence electrons. The zero-order chi connectivity index (χ0) is 17.1. The summed E-state index contributed by atoms with van der Waals surface area (Å²) in [6.07, 6.45) is 0.883. The number of thiophene rings is 1. The van der Waals surface area contributed by atoms with Gasteiger partial charge in [-0.1, -0.05) is 6.07 Å². The number of nitrogens with zero attached hydrogens (tertiary/aromatic N) is 1. The third kappa shape index (κ3) is 3.12. The molecule has 1 aromatic carbocycles. The summed E-state index contributed by atoms with van der Waals surface area (Å²) in [7, 11) is 4.98. The van der Waals surface area contributed by atoms with Gasteiger partial charge in [-0.25, -0.2) is 0 Å². The highest BCUT2D eigenvalue weighted by atomic mass is 32.1. The van der Waals surface area contributed by atoms with Gasteiger partial charge in [0.05, 0.1) is 26.8 Å². The van der Waals surface area contributed by atoms with Crippen molar-refractivity contribution in [3.8, 4) is 11.5 Å². The van der Waals surface area contributed by atoms with Crippen molar-refractivity contribution in [2.24, 2.45) is 0 Å². The topological polar surface area (TPSA) is 50.8 Å². The minimum atomic E-state index is 0.0282. The maximum absolute atomic E-state index is 11.9. The fraction of sp³-hybridized carbons (Fsp3) is 0.389. The fourth-order valence-corrected chi connectivity index (χ4v) is 4.09. The molecule has 0 bridgehead atoms. The summed E-state index contributed by atoms with van der Waals surface area (Å²) in [5, 5.41) is 4.79. The van der Waals surface area contributed by atoms with Gasteiger partial charge in [-0.3, -0.25) is 9.69 Å². The summed E-state index contributed by atoms with van der Waals surface area (Å²) in [5.41, 5.74) is 2.43. The van der Waals surface area contributed by atoms with Crippen molar-refractivity contribution in [1.29, 1.82) is 0 Å². The van der Waals surface area contributed by atoms with E-state index in [0.29, 0.717) is 6.54 Å². The third-order valence-corrected chi connectivity index (χ3v) is 5.34. The number of nitrogens with one attached hydrogen (secondary N) is 1. The Balaban J connectivity index is 2.06. The van der Waals surface area contributed by atoms with Crippen LogP contribution in [0.3, 0.4) is 0 Å². The lowest BCUT2D eigenvalue weighted by atomic mass is 9.91. The number of amides is 1. The third-order valence-electron chi connectivity index (χ3n) is 4.41. The molecule has 0 fully saturated rings. The highest BCUT2D eigenvalue weighted by Crippen LogP contribution is 2.41. The normalized spacial score (nSPS) is 17.2. The van der Waals surface area contributed by atoms with Crippen LogP contribution >= 0.6 is 11.3 Å². The number of hydrogen-bond donors (Lipinski definition) is 1. The van der Waals surface area contributed by atoms with E-state index in [1.165, 1.54) is 16.0 Å². The SMILES string of the molecule is CNC(=O)CN1CCc2cc(OC)c(OC)cc2C1c1cccs1. The number of rotatable bonds is 5. The monoisotopic (exact) mass is 346 g/mol. The predicted octanol–water partition coefficient (Wildman–Crippen LogP) is 2.46. The zero-order valence-corrected chi connectivity index (χ0v) is 15.0. The van der Waals surface area contributed by atoms with E-state index in [1.807, 2.05) is 6.07 Å². The number of likely N-dealkylation sites (N-methyl/N-ethyl adjacent to an activating group) is 1. The van der Waals surface area contributed by atoms with Crippen LogP contribution in [-0.2, 0) is 11.2 Å². The summed E-state index contributed by atoms with van der Waals surface area (Å²) in [6, 6.07) is 8.34. The number of benzene rings is 1. The maximum atomic E-state index is 11.9. The van der Waals surface area contributed by atoms with Gasteiger partial charge in [0.25, 0.3) is 0 Å². The van der Waals surface area contributed by atoms with Crippen LogP contribution in [-0.4, -0.2) is 45.2 Å². The smallest absolute Gasteiger partial charge is 0.233 e. The molecule has 1 aromatic heterocycles. The van der Waals surface area contributed by atoms with Crippen molar-refractivity contribution in [2.45, 2.75) is 12.5 Å². The summed E-state index contributed by atoms with van der Waals surface area (Å²) in [4.78, 5) is 15.4. The predicted molar refractivity (Wildman–Crippen MR) is 95.1 cm³/mol. The minimum Gasteiger partial charge on any atom is -0.493 e. The number of carbonyl (C=O) groups excluding carboxylic acids is 1. The van der Waals surface area contributed by atoms with Gasteiger partial charge in [0.15, 0.2) is 11.5 Å². The van der Waals surface area contributed by atoms with Crippen LogP contribution in [0.15, 0.2) is 29.6 Å². The second-order valence-corrected chi connectivity index (χ2v) is 6.70. The lowest BCUT2D eigenvalue weighted by Gasteiger charge is -2.36. The average Bonchev–Trinajstić information content (AvgIpc) is 3.14. The molecule has 1 aliphatic heterocycles. The standard InChI is InChI=1S/C18H22N2O3S/c1-19-17(21)11-20-7-6-12-9-14(22-2)15(23-3)10-13(12)18(20)16-5-4-8-24-16/h4-5,8-10,18H,6-7,11H2,1-3H3,(H,19,21). The fourth-order valence-electron chi connectivity index (χ4n) is 3.21. The van der Waals surface area contributed by atoms with Gasteiger partial charge in [-0.2, -0.15) is 0 Å². The zero-order valence-electron chi connectivity index (χ0n) is 14.2. The average molecular weight is 346 g/mol. The van der Waals surface area contributed by atoms with Crippen molar-refractivity contribution in [3.05, 3.63) is 45.6 Å². The Bertz CT molecular complexity index is 715. The second kappa shape index (κ2) is 7.23. The van der Waals surface area contributed by atoms with E-state index in [1.54, 1.807) is 32.6 Å². The molecule has 0 aliphatic carbocycles. The van der Waals surface area contributed by atoms with Crippen molar-refractivity contribution in [2.75, 3.05) is 34.4 Å². The first-order valence-electron chi connectivity index (χ1n) is 7.90. The summed E-state index contributed by atoms with van der Waals surface area (Å²) < 4.78 is 10.9. The van der Waals surface area contributed by atoms with Gasteiger partial charge < -0.3 is 14.8 Å². The largest absolute Gasteiger partial charge is 0.493 e. The number of ether oxygens (including phenoxy) is 2. The Hall–Kier alpha value is -2.05. The Labute approximate surface area is 146 Å². The van der Waals surface area contributed by atoms with Crippen LogP contribution in [0.4, 0.5) is 0 Å². The van der Waals surface area contributed by atoms with Crippen molar-refractivity contribution >= 4 is 17.2 Å². The molecule has 3 rings (SSSR count).